The molecule has 0 saturated carbocycles. The molecule has 2 rings (SSSR count). The fraction of sp³-hybridized carbons (Fsp3) is 0.364. The molecule has 0 fully saturated rings. The molecule has 0 unspecified atom stereocenters. The molecule has 1 aromatic rings. The van der Waals surface area contributed by atoms with Crippen LogP contribution >= 0.6 is 0 Å². The first-order chi connectivity index (χ1) is 7.09. The molecule has 0 aromatic heterocycles. The average Bonchev–Trinajstić information content (AvgIpc) is 2.17. The van der Waals surface area contributed by atoms with Crippen molar-refractivity contribution in [3.8, 4) is 5.75 Å². The van der Waals surface area contributed by atoms with Crippen LogP contribution < -0.4 is 0 Å². The second-order valence-electron chi connectivity index (χ2n) is 3.81. The third-order valence-electron chi connectivity index (χ3n) is 2.87. The van der Waals surface area contributed by atoms with E-state index in [4.69, 9.17) is 5.11 Å². The van der Waals surface area contributed by atoms with Crippen molar-refractivity contribution < 1.29 is 20.1 Å². The Hall–Kier alpha value is -1.55. The summed E-state index contributed by atoms with van der Waals surface area (Å²) in [5, 5.41) is 28.0. The lowest BCUT2D eigenvalue weighted by Gasteiger charge is -2.27. The number of fused-ring (bicyclic) bond motifs is 1. The van der Waals surface area contributed by atoms with Crippen molar-refractivity contribution in [1.29, 1.82) is 0 Å². The van der Waals surface area contributed by atoms with Crippen LogP contribution in [0.2, 0.25) is 0 Å². The summed E-state index contributed by atoms with van der Waals surface area (Å²) < 4.78 is 0. The normalized spacial score (nSPS) is 24.6. The van der Waals surface area contributed by atoms with Crippen LogP contribution in [0, 0.1) is 5.92 Å². The van der Waals surface area contributed by atoms with Crippen LogP contribution in [0.3, 0.4) is 0 Å². The average molecular weight is 208 g/mol. The maximum atomic E-state index is 10.8. The Morgan fingerprint density at radius 2 is 2.13 bits per heavy atom. The van der Waals surface area contributed by atoms with Gasteiger partial charge in [0, 0.05) is 0 Å². The molecule has 1 aliphatic carbocycles. The summed E-state index contributed by atoms with van der Waals surface area (Å²) in [6.07, 6.45) is 0.0249. The van der Waals surface area contributed by atoms with Crippen LogP contribution in [0.25, 0.3) is 0 Å². The summed E-state index contributed by atoms with van der Waals surface area (Å²) in [5.74, 6) is -1.56. The monoisotopic (exact) mass is 208 g/mol. The fourth-order valence-electron chi connectivity index (χ4n) is 2.04. The summed E-state index contributed by atoms with van der Waals surface area (Å²) in [6.45, 7) is 0. The third-order valence-corrected chi connectivity index (χ3v) is 2.87. The summed E-state index contributed by atoms with van der Waals surface area (Å²) in [5.41, 5.74) is 1.45. The highest BCUT2D eigenvalue weighted by atomic mass is 16.4. The topological polar surface area (TPSA) is 77.8 Å². The molecule has 15 heavy (non-hydrogen) atoms. The van der Waals surface area contributed by atoms with E-state index >= 15 is 0 Å². The third kappa shape index (κ3) is 1.68. The lowest BCUT2D eigenvalue weighted by Crippen LogP contribution is -2.27. The number of carbonyl (C=O) groups is 1. The molecule has 0 bridgehead atoms. The molecule has 3 N–H and O–H groups in total. The maximum absolute atomic E-state index is 10.8. The minimum absolute atomic E-state index is 0.148. The van der Waals surface area contributed by atoms with E-state index in [2.05, 4.69) is 0 Å². The van der Waals surface area contributed by atoms with Gasteiger partial charge in [-0.15, -0.1) is 0 Å². The number of carboxylic acids is 1. The van der Waals surface area contributed by atoms with Crippen LogP contribution in [0.5, 0.6) is 5.75 Å². The van der Waals surface area contributed by atoms with Crippen molar-refractivity contribution in [2.45, 2.75) is 18.9 Å². The molecule has 0 aliphatic heterocycles. The van der Waals surface area contributed by atoms with E-state index in [-0.39, 0.29) is 5.75 Å². The van der Waals surface area contributed by atoms with E-state index < -0.39 is 18.0 Å². The lowest BCUT2D eigenvalue weighted by atomic mass is 9.81. The van der Waals surface area contributed by atoms with Crippen molar-refractivity contribution in [2.24, 2.45) is 5.92 Å². The zero-order chi connectivity index (χ0) is 11.0. The first-order valence-corrected chi connectivity index (χ1v) is 4.82. The maximum Gasteiger partial charge on any atom is 0.309 e. The molecule has 4 heteroatoms. The van der Waals surface area contributed by atoms with Gasteiger partial charge in [-0.2, -0.15) is 0 Å². The van der Waals surface area contributed by atoms with Gasteiger partial charge >= 0.3 is 5.97 Å². The van der Waals surface area contributed by atoms with Crippen molar-refractivity contribution >= 4 is 5.97 Å². The quantitative estimate of drug-likeness (QED) is 0.645. The number of rotatable bonds is 1. The highest BCUT2D eigenvalue weighted by Crippen LogP contribution is 2.35. The molecule has 4 nitrogen and oxygen atoms in total. The molecule has 0 radical (unpaired) electrons. The van der Waals surface area contributed by atoms with Crippen molar-refractivity contribution in [3.63, 3.8) is 0 Å². The Bertz CT molecular complexity index is 400. The number of aromatic hydroxyl groups is 1. The zero-order valence-electron chi connectivity index (χ0n) is 8.05. The number of hydrogen-bond donors (Lipinski definition) is 3. The number of phenolic OH excluding ortho intramolecular Hbond substituents is 1. The van der Waals surface area contributed by atoms with Gasteiger partial charge in [0.05, 0.1) is 12.0 Å². The van der Waals surface area contributed by atoms with Gasteiger partial charge < -0.3 is 15.3 Å². The number of phenols is 1. The Labute approximate surface area is 86.8 Å². The van der Waals surface area contributed by atoms with Gasteiger partial charge in [-0.25, -0.2) is 0 Å². The highest BCUT2D eigenvalue weighted by Gasteiger charge is 2.32. The number of hydrogen-bond acceptors (Lipinski definition) is 3. The zero-order valence-corrected chi connectivity index (χ0v) is 8.05. The van der Waals surface area contributed by atoms with E-state index in [1.54, 1.807) is 12.1 Å². The predicted octanol–water partition coefficient (Wildman–Crippen LogP) is 1.07. The van der Waals surface area contributed by atoms with Gasteiger partial charge in [0.1, 0.15) is 5.75 Å². The van der Waals surface area contributed by atoms with Crippen molar-refractivity contribution in [1.82, 2.24) is 0 Å². The predicted molar refractivity (Wildman–Crippen MR) is 52.5 cm³/mol. The van der Waals surface area contributed by atoms with E-state index in [0.717, 1.165) is 5.56 Å². The van der Waals surface area contributed by atoms with E-state index in [9.17, 15) is 15.0 Å². The summed E-state index contributed by atoms with van der Waals surface area (Å²) in [6, 6.07) is 4.63. The van der Waals surface area contributed by atoms with Gasteiger partial charge in [-0.05, 0) is 36.1 Å². The minimum Gasteiger partial charge on any atom is -0.508 e. The second-order valence-corrected chi connectivity index (χ2v) is 3.81. The molecule has 0 spiro atoms. The fourth-order valence-corrected chi connectivity index (χ4v) is 2.04. The summed E-state index contributed by atoms with van der Waals surface area (Å²) in [4.78, 5) is 10.8. The second kappa shape index (κ2) is 3.55. The van der Waals surface area contributed by atoms with Gasteiger partial charge in [0.2, 0.25) is 0 Å². The molecule has 1 aromatic carbocycles. The first-order valence-electron chi connectivity index (χ1n) is 4.82. The van der Waals surface area contributed by atoms with Crippen LogP contribution in [-0.4, -0.2) is 21.3 Å². The highest BCUT2D eigenvalue weighted by molar-refractivity contribution is 5.71. The number of aryl methyl sites for hydroxylation is 1. The number of benzene rings is 1. The molecular weight excluding hydrogens is 196 g/mol. The standard InChI is InChI=1S/C11H12O4/c12-7-2-4-8-6(5-7)1-3-9(10(8)13)11(14)15/h2,4-5,9-10,12-13H,1,3H2,(H,14,15)/t9-,10-/m1/s1. The number of carboxylic acid groups (broad SMARTS) is 1. The molecule has 0 heterocycles. The Kier molecular flexibility index (Phi) is 2.36. The summed E-state index contributed by atoms with van der Waals surface area (Å²) in [7, 11) is 0. The lowest BCUT2D eigenvalue weighted by molar-refractivity contribution is -0.146. The SMILES string of the molecule is O=C(O)[C@@H]1CCc2cc(O)ccc2[C@H]1O. The molecule has 2 atom stereocenters. The molecule has 1 aliphatic rings. The Morgan fingerprint density at radius 1 is 1.40 bits per heavy atom. The number of aliphatic hydroxyl groups excluding tert-OH is 1. The molecule has 0 amide bonds. The van der Waals surface area contributed by atoms with Gasteiger partial charge in [-0.1, -0.05) is 6.07 Å². The number of aliphatic carboxylic acids is 1. The number of aliphatic hydroxyl groups is 1. The van der Waals surface area contributed by atoms with Gasteiger partial charge in [0.25, 0.3) is 0 Å². The molecule has 0 saturated heterocycles. The Morgan fingerprint density at radius 3 is 2.80 bits per heavy atom. The summed E-state index contributed by atoms with van der Waals surface area (Å²) >= 11 is 0. The van der Waals surface area contributed by atoms with E-state index in [1.165, 1.54) is 6.07 Å². The van der Waals surface area contributed by atoms with E-state index in [1.807, 2.05) is 0 Å². The van der Waals surface area contributed by atoms with Crippen LogP contribution in [0.1, 0.15) is 23.7 Å². The molecular formula is C11H12O4. The minimum atomic E-state index is -0.971. The Balaban J connectivity index is 2.38. The smallest absolute Gasteiger partial charge is 0.309 e. The first kappa shape index (κ1) is 9.98. The van der Waals surface area contributed by atoms with Crippen LogP contribution in [-0.2, 0) is 11.2 Å². The van der Waals surface area contributed by atoms with Crippen LogP contribution in [0.4, 0.5) is 0 Å². The van der Waals surface area contributed by atoms with Gasteiger partial charge in [-0.3, -0.25) is 4.79 Å². The van der Waals surface area contributed by atoms with Crippen molar-refractivity contribution in [2.75, 3.05) is 0 Å². The molecule has 80 valence electrons. The largest absolute Gasteiger partial charge is 0.508 e. The van der Waals surface area contributed by atoms with E-state index in [0.29, 0.717) is 18.4 Å². The van der Waals surface area contributed by atoms with Crippen molar-refractivity contribution in [3.05, 3.63) is 29.3 Å². The van der Waals surface area contributed by atoms with Gasteiger partial charge in [0.15, 0.2) is 0 Å². The van der Waals surface area contributed by atoms with Crippen LogP contribution in [0.15, 0.2) is 18.2 Å².